The minimum Gasteiger partial charge on any atom is -0.438 e. The molecule has 3 aromatic rings. The predicted octanol–water partition coefficient (Wildman–Crippen LogP) is 5.41. The number of hydrogen-bond donors (Lipinski definition) is 0. The lowest BCUT2D eigenvalue weighted by Crippen LogP contribution is -2.26. The van der Waals surface area contributed by atoms with Crippen LogP contribution in [0, 0.1) is 0 Å². The van der Waals surface area contributed by atoms with Gasteiger partial charge in [-0.3, -0.25) is 4.90 Å². The number of hydrogen-bond acceptors (Lipinski definition) is 3. The lowest BCUT2D eigenvalue weighted by Gasteiger charge is -2.23. The summed E-state index contributed by atoms with van der Waals surface area (Å²) >= 11 is 0. The molecule has 0 radical (unpaired) electrons. The predicted molar refractivity (Wildman–Crippen MR) is 98.7 cm³/mol. The molecule has 124 valence electrons. The molecule has 3 heteroatoms. The highest BCUT2D eigenvalue weighted by molar-refractivity contribution is 5.76. The van der Waals surface area contributed by atoms with E-state index in [9.17, 15) is 0 Å². The summed E-state index contributed by atoms with van der Waals surface area (Å²) in [7, 11) is 0. The molecule has 24 heavy (non-hydrogen) atoms. The Hall–Kier alpha value is -2.39. The molecule has 3 nitrogen and oxygen atoms in total. The Labute approximate surface area is 144 Å². The molecule has 0 saturated heterocycles. The zero-order valence-electron chi connectivity index (χ0n) is 14.6. The van der Waals surface area contributed by atoms with Crippen molar-refractivity contribution < 1.29 is 4.42 Å². The number of rotatable bonds is 6. The first kappa shape index (κ1) is 16.5. The highest BCUT2D eigenvalue weighted by atomic mass is 16.4. The lowest BCUT2D eigenvalue weighted by atomic mass is 10.1. The Morgan fingerprint density at radius 2 is 1.42 bits per heavy atom. The SMILES string of the molecule is CCN(CC)C(C)c1nc(-c2ccccc2)c(-c2ccccc2)o1. The summed E-state index contributed by atoms with van der Waals surface area (Å²) in [6, 6.07) is 20.6. The molecule has 0 spiro atoms. The van der Waals surface area contributed by atoms with Crippen molar-refractivity contribution in [2.24, 2.45) is 0 Å². The topological polar surface area (TPSA) is 29.3 Å². The van der Waals surface area contributed by atoms with Gasteiger partial charge in [0.25, 0.3) is 0 Å². The van der Waals surface area contributed by atoms with Crippen LogP contribution in [0.4, 0.5) is 0 Å². The van der Waals surface area contributed by atoms with Gasteiger partial charge in [0, 0.05) is 11.1 Å². The highest BCUT2D eigenvalue weighted by Gasteiger charge is 2.23. The number of benzene rings is 2. The minimum absolute atomic E-state index is 0.153. The summed E-state index contributed by atoms with van der Waals surface area (Å²) in [5.41, 5.74) is 3.05. The fraction of sp³-hybridized carbons (Fsp3) is 0.286. The zero-order chi connectivity index (χ0) is 16.9. The average Bonchev–Trinajstić information content (AvgIpc) is 3.09. The molecule has 0 bridgehead atoms. The maximum absolute atomic E-state index is 6.25. The van der Waals surface area contributed by atoms with E-state index < -0.39 is 0 Å². The van der Waals surface area contributed by atoms with Gasteiger partial charge in [-0.15, -0.1) is 0 Å². The van der Waals surface area contributed by atoms with Crippen molar-refractivity contribution in [1.29, 1.82) is 0 Å². The summed E-state index contributed by atoms with van der Waals surface area (Å²) < 4.78 is 6.25. The van der Waals surface area contributed by atoms with Crippen molar-refractivity contribution in [2.45, 2.75) is 26.8 Å². The van der Waals surface area contributed by atoms with Crippen LogP contribution in [0.3, 0.4) is 0 Å². The molecule has 0 N–H and O–H groups in total. The zero-order valence-corrected chi connectivity index (χ0v) is 14.6. The van der Waals surface area contributed by atoms with Crippen LogP contribution in [-0.4, -0.2) is 23.0 Å². The Morgan fingerprint density at radius 3 is 1.96 bits per heavy atom. The molecule has 1 unspecified atom stereocenters. The normalized spacial score (nSPS) is 12.5. The molecule has 3 rings (SSSR count). The summed E-state index contributed by atoms with van der Waals surface area (Å²) in [4.78, 5) is 7.21. The molecule has 1 aromatic heterocycles. The third-order valence-corrected chi connectivity index (χ3v) is 4.44. The molecule has 0 amide bonds. The maximum Gasteiger partial charge on any atom is 0.212 e. The van der Waals surface area contributed by atoms with Gasteiger partial charge < -0.3 is 4.42 Å². The number of oxazole rings is 1. The van der Waals surface area contributed by atoms with Crippen LogP contribution in [-0.2, 0) is 0 Å². The molecule has 0 aliphatic rings. The van der Waals surface area contributed by atoms with Crippen LogP contribution < -0.4 is 0 Å². The van der Waals surface area contributed by atoms with Crippen molar-refractivity contribution in [2.75, 3.05) is 13.1 Å². The number of nitrogens with zero attached hydrogens (tertiary/aromatic N) is 2. The van der Waals surface area contributed by atoms with Gasteiger partial charge in [0.05, 0.1) is 6.04 Å². The molecule has 0 fully saturated rings. The summed E-state index contributed by atoms with van der Waals surface area (Å²) in [6.07, 6.45) is 0. The monoisotopic (exact) mass is 320 g/mol. The molecule has 1 atom stereocenters. The quantitative estimate of drug-likeness (QED) is 0.608. The van der Waals surface area contributed by atoms with Gasteiger partial charge in [-0.05, 0) is 20.0 Å². The second-order valence-corrected chi connectivity index (χ2v) is 5.86. The van der Waals surface area contributed by atoms with Crippen LogP contribution in [0.2, 0.25) is 0 Å². The van der Waals surface area contributed by atoms with Crippen LogP contribution in [0.25, 0.3) is 22.6 Å². The van der Waals surface area contributed by atoms with Crippen LogP contribution in [0.5, 0.6) is 0 Å². The van der Waals surface area contributed by atoms with E-state index in [0.717, 1.165) is 41.6 Å². The molecule has 2 aromatic carbocycles. The summed E-state index contributed by atoms with van der Waals surface area (Å²) in [6.45, 7) is 8.43. The Kier molecular flexibility index (Phi) is 5.11. The van der Waals surface area contributed by atoms with Crippen LogP contribution in [0.15, 0.2) is 65.1 Å². The highest BCUT2D eigenvalue weighted by Crippen LogP contribution is 2.35. The third kappa shape index (κ3) is 3.26. The molecule has 0 saturated carbocycles. The smallest absolute Gasteiger partial charge is 0.212 e. The Balaban J connectivity index is 2.10. The molecular weight excluding hydrogens is 296 g/mol. The summed E-state index contributed by atoms with van der Waals surface area (Å²) in [5.74, 6) is 1.62. The van der Waals surface area contributed by atoms with Crippen LogP contribution >= 0.6 is 0 Å². The Morgan fingerprint density at radius 1 is 0.875 bits per heavy atom. The molecular formula is C21H24N2O. The molecule has 1 heterocycles. The largest absolute Gasteiger partial charge is 0.438 e. The van der Waals surface area contributed by atoms with Gasteiger partial charge in [0.1, 0.15) is 5.69 Å². The van der Waals surface area contributed by atoms with Crippen molar-refractivity contribution in [3.8, 4) is 22.6 Å². The van der Waals surface area contributed by atoms with Crippen molar-refractivity contribution in [3.63, 3.8) is 0 Å². The molecule has 0 aliphatic carbocycles. The molecule has 0 aliphatic heterocycles. The minimum atomic E-state index is 0.153. The van der Waals surface area contributed by atoms with Gasteiger partial charge in [0.15, 0.2) is 5.76 Å². The first-order valence-electron chi connectivity index (χ1n) is 8.60. The van der Waals surface area contributed by atoms with Gasteiger partial charge in [-0.2, -0.15) is 0 Å². The van der Waals surface area contributed by atoms with Gasteiger partial charge in [-0.1, -0.05) is 74.5 Å². The van der Waals surface area contributed by atoms with Crippen molar-refractivity contribution in [1.82, 2.24) is 9.88 Å². The number of aromatic nitrogens is 1. The van der Waals surface area contributed by atoms with E-state index >= 15 is 0 Å². The second-order valence-electron chi connectivity index (χ2n) is 5.86. The van der Waals surface area contributed by atoms with Crippen LogP contribution in [0.1, 0.15) is 32.7 Å². The van der Waals surface area contributed by atoms with E-state index in [4.69, 9.17) is 9.40 Å². The van der Waals surface area contributed by atoms with Gasteiger partial charge >= 0.3 is 0 Å². The van der Waals surface area contributed by atoms with Gasteiger partial charge in [-0.25, -0.2) is 4.98 Å². The van der Waals surface area contributed by atoms with E-state index in [1.165, 1.54) is 0 Å². The third-order valence-electron chi connectivity index (χ3n) is 4.44. The summed E-state index contributed by atoms with van der Waals surface area (Å²) in [5, 5.41) is 0. The first-order chi connectivity index (χ1) is 11.7. The van der Waals surface area contributed by atoms with E-state index in [1.807, 2.05) is 36.4 Å². The average molecular weight is 320 g/mol. The van der Waals surface area contributed by atoms with Gasteiger partial charge in [0.2, 0.25) is 5.89 Å². The Bertz CT molecular complexity index is 704. The second kappa shape index (κ2) is 7.45. The maximum atomic E-state index is 6.25. The van der Waals surface area contributed by atoms with Crippen molar-refractivity contribution >= 4 is 0 Å². The van der Waals surface area contributed by atoms with E-state index in [-0.39, 0.29) is 6.04 Å². The van der Waals surface area contributed by atoms with E-state index in [0.29, 0.717) is 0 Å². The standard InChI is InChI=1S/C21H24N2O/c1-4-23(5-2)16(3)21-22-19(17-12-8-6-9-13-17)20(24-21)18-14-10-7-11-15-18/h6-16H,4-5H2,1-3H3. The fourth-order valence-electron chi connectivity index (χ4n) is 3.02. The van der Waals surface area contributed by atoms with E-state index in [2.05, 4.69) is 49.9 Å². The lowest BCUT2D eigenvalue weighted by molar-refractivity contribution is 0.203. The van der Waals surface area contributed by atoms with E-state index in [1.54, 1.807) is 0 Å². The fourth-order valence-corrected chi connectivity index (χ4v) is 3.02. The first-order valence-corrected chi connectivity index (χ1v) is 8.60. The van der Waals surface area contributed by atoms with Crippen molar-refractivity contribution in [3.05, 3.63) is 66.6 Å².